The molecule has 1 heterocycles. The summed E-state index contributed by atoms with van der Waals surface area (Å²) in [4.78, 5) is 17.2. The fourth-order valence-electron chi connectivity index (χ4n) is 2.43. The van der Waals surface area contributed by atoms with Crippen LogP contribution in [0.15, 0.2) is 52.1 Å². The van der Waals surface area contributed by atoms with Crippen molar-refractivity contribution in [1.29, 1.82) is 0 Å². The molecule has 0 N–H and O–H groups in total. The van der Waals surface area contributed by atoms with Crippen LogP contribution in [0.5, 0.6) is 11.5 Å². The van der Waals surface area contributed by atoms with Crippen molar-refractivity contribution in [1.82, 2.24) is 0 Å². The molecular weight excluding hydrogens is 374 g/mol. The molecule has 0 saturated carbocycles. The molecule has 0 aromatic heterocycles. The highest BCUT2D eigenvalue weighted by molar-refractivity contribution is 9.10. The number of hydrogen-bond donors (Lipinski definition) is 0. The predicted molar refractivity (Wildman–Crippen MR) is 93.8 cm³/mol. The van der Waals surface area contributed by atoms with Crippen molar-refractivity contribution in [3.63, 3.8) is 0 Å². The van der Waals surface area contributed by atoms with Gasteiger partial charge in [-0.3, -0.25) is 0 Å². The molecule has 24 heavy (non-hydrogen) atoms. The zero-order valence-corrected chi connectivity index (χ0v) is 14.9. The fourth-order valence-corrected chi connectivity index (χ4v) is 2.69. The van der Waals surface area contributed by atoms with Crippen LogP contribution in [0.2, 0.25) is 0 Å². The Morgan fingerprint density at radius 2 is 2.00 bits per heavy atom. The minimum absolute atomic E-state index is 0.0604. The van der Waals surface area contributed by atoms with Crippen LogP contribution in [0.1, 0.15) is 29.3 Å². The van der Waals surface area contributed by atoms with Crippen LogP contribution < -0.4 is 9.47 Å². The summed E-state index contributed by atoms with van der Waals surface area (Å²) in [5.74, 6) is 0.879. The molecule has 1 aliphatic rings. The van der Waals surface area contributed by atoms with E-state index in [9.17, 15) is 4.79 Å². The second-order valence-electron chi connectivity index (χ2n) is 5.42. The number of hydrogen-bond acceptors (Lipinski definition) is 5. The molecule has 2 aromatic carbocycles. The van der Waals surface area contributed by atoms with Crippen LogP contribution in [-0.2, 0) is 4.84 Å². The van der Waals surface area contributed by atoms with Gasteiger partial charge in [0, 0.05) is 22.5 Å². The summed E-state index contributed by atoms with van der Waals surface area (Å²) < 4.78 is 11.9. The van der Waals surface area contributed by atoms with Crippen molar-refractivity contribution in [2.45, 2.75) is 19.4 Å². The lowest BCUT2D eigenvalue weighted by molar-refractivity contribution is 0.0513. The van der Waals surface area contributed by atoms with Gasteiger partial charge in [0.05, 0.1) is 18.4 Å². The van der Waals surface area contributed by atoms with E-state index in [-0.39, 0.29) is 6.10 Å². The Hall–Kier alpha value is -2.34. The van der Waals surface area contributed by atoms with Gasteiger partial charge in [0.2, 0.25) is 0 Å². The maximum absolute atomic E-state index is 12.1. The first kappa shape index (κ1) is 16.5. The molecular formula is C18H16BrNO4. The summed E-state index contributed by atoms with van der Waals surface area (Å²) in [7, 11) is 1.60. The number of nitrogens with zero attached hydrogens (tertiary/aromatic N) is 1. The first-order chi connectivity index (χ1) is 11.6. The van der Waals surface area contributed by atoms with Crippen molar-refractivity contribution >= 4 is 27.6 Å². The molecule has 6 heteroatoms. The van der Waals surface area contributed by atoms with E-state index in [0.29, 0.717) is 29.2 Å². The van der Waals surface area contributed by atoms with Gasteiger partial charge in [-0.1, -0.05) is 21.1 Å². The molecule has 0 amide bonds. The maximum Gasteiger partial charge on any atom is 0.365 e. The highest BCUT2D eigenvalue weighted by Crippen LogP contribution is 2.31. The van der Waals surface area contributed by atoms with Gasteiger partial charge in [0.15, 0.2) is 0 Å². The number of carbonyl (C=O) groups excluding carboxylic acids is 1. The van der Waals surface area contributed by atoms with Crippen molar-refractivity contribution in [3.8, 4) is 11.5 Å². The summed E-state index contributed by atoms with van der Waals surface area (Å²) >= 11 is 3.33. The van der Waals surface area contributed by atoms with Crippen LogP contribution in [0.3, 0.4) is 0 Å². The minimum Gasteiger partial charge on any atom is -0.497 e. The van der Waals surface area contributed by atoms with Gasteiger partial charge < -0.3 is 14.3 Å². The molecule has 124 valence electrons. The minimum atomic E-state index is -0.496. The highest BCUT2D eigenvalue weighted by atomic mass is 79.9. The van der Waals surface area contributed by atoms with E-state index in [1.54, 1.807) is 37.4 Å². The van der Waals surface area contributed by atoms with Crippen LogP contribution in [0, 0.1) is 0 Å². The Balaban J connectivity index is 1.83. The molecule has 0 fully saturated rings. The quantitative estimate of drug-likeness (QED) is 0.583. The van der Waals surface area contributed by atoms with E-state index in [1.165, 1.54) is 0 Å². The third-order valence-electron chi connectivity index (χ3n) is 3.63. The summed E-state index contributed by atoms with van der Waals surface area (Å²) in [6, 6.07) is 12.4. The predicted octanol–water partition coefficient (Wildman–Crippen LogP) is 4.19. The van der Waals surface area contributed by atoms with Gasteiger partial charge in [-0.05, 0) is 43.3 Å². The van der Waals surface area contributed by atoms with E-state index in [4.69, 9.17) is 14.3 Å². The lowest BCUT2D eigenvalue weighted by Crippen LogP contribution is -2.25. The summed E-state index contributed by atoms with van der Waals surface area (Å²) in [6.07, 6.45) is 0.502. The number of rotatable bonds is 3. The lowest BCUT2D eigenvalue weighted by Gasteiger charge is -2.24. The molecule has 1 aliphatic heterocycles. The second-order valence-corrected chi connectivity index (χ2v) is 6.33. The molecule has 0 bridgehead atoms. The highest BCUT2D eigenvalue weighted by Gasteiger charge is 2.23. The molecule has 0 unspecified atom stereocenters. The van der Waals surface area contributed by atoms with Crippen molar-refractivity contribution in [2.24, 2.45) is 5.16 Å². The van der Waals surface area contributed by atoms with Gasteiger partial charge in [-0.25, -0.2) is 4.79 Å². The number of carbonyl (C=O) groups is 1. The zero-order chi connectivity index (χ0) is 17.1. The van der Waals surface area contributed by atoms with Gasteiger partial charge >= 0.3 is 5.97 Å². The lowest BCUT2D eigenvalue weighted by atomic mass is 10.0. The van der Waals surface area contributed by atoms with E-state index in [0.717, 1.165) is 10.0 Å². The third-order valence-corrected chi connectivity index (χ3v) is 4.16. The van der Waals surface area contributed by atoms with Gasteiger partial charge in [-0.15, -0.1) is 0 Å². The van der Waals surface area contributed by atoms with Crippen molar-refractivity contribution in [2.75, 3.05) is 7.11 Å². The Kier molecular flexibility index (Phi) is 4.85. The first-order valence-corrected chi connectivity index (χ1v) is 8.25. The number of oxime groups is 1. The van der Waals surface area contributed by atoms with E-state index >= 15 is 0 Å². The van der Waals surface area contributed by atoms with Gasteiger partial charge in [0.25, 0.3) is 0 Å². The van der Waals surface area contributed by atoms with E-state index < -0.39 is 5.97 Å². The Labute approximate surface area is 148 Å². The Morgan fingerprint density at radius 3 is 2.71 bits per heavy atom. The van der Waals surface area contributed by atoms with Crippen molar-refractivity contribution in [3.05, 3.63) is 58.1 Å². The summed E-state index contributed by atoms with van der Waals surface area (Å²) in [5.41, 5.74) is 1.92. The molecule has 0 saturated heterocycles. The molecule has 3 rings (SSSR count). The van der Waals surface area contributed by atoms with Gasteiger partial charge in [0.1, 0.15) is 17.6 Å². The van der Waals surface area contributed by atoms with Crippen LogP contribution in [0.25, 0.3) is 0 Å². The molecule has 1 atom stereocenters. The number of halogens is 1. The maximum atomic E-state index is 12.1. The molecule has 0 radical (unpaired) electrons. The van der Waals surface area contributed by atoms with Crippen molar-refractivity contribution < 1.29 is 19.1 Å². The molecule has 0 spiro atoms. The third kappa shape index (κ3) is 3.59. The zero-order valence-electron chi connectivity index (χ0n) is 13.3. The first-order valence-electron chi connectivity index (χ1n) is 7.45. The van der Waals surface area contributed by atoms with E-state index in [2.05, 4.69) is 21.1 Å². The molecule has 5 nitrogen and oxygen atoms in total. The summed E-state index contributed by atoms with van der Waals surface area (Å²) in [6.45, 7) is 1.94. The topological polar surface area (TPSA) is 57.1 Å². The standard InChI is InChI=1S/C18H16BrNO4/c1-11-9-16(15-8-7-14(22-2)10-17(15)23-11)20-24-18(21)12-3-5-13(19)6-4-12/h3-8,10-11H,9H2,1-2H3/b20-16-/t11-/m0/s1. The monoisotopic (exact) mass is 389 g/mol. The average molecular weight is 390 g/mol. The van der Waals surface area contributed by atoms with Crippen LogP contribution in [-0.4, -0.2) is 24.9 Å². The Morgan fingerprint density at radius 1 is 1.25 bits per heavy atom. The van der Waals surface area contributed by atoms with Gasteiger partial charge in [-0.2, -0.15) is 0 Å². The number of methoxy groups -OCH3 is 1. The van der Waals surface area contributed by atoms with Crippen LogP contribution in [0.4, 0.5) is 0 Å². The summed E-state index contributed by atoms with van der Waals surface area (Å²) in [5, 5.41) is 4.06. The fraction of sp³-hybridized carbons (Fsp3) is 0.222. The molecule has 2 aromatic rings. The van der Waals surface area contributed by atoms with Crippen LogP contribution >= 0.6 is 15.9 Å². The second kappa shape index (κ2) is 7.05. The number of fused-ring (bicyclic) bond motifs is 1. The SMILES string of the molecule is COc1ccc2c(c1)O[C@@H](C)C/C2=N/OC(=O)c1ccc(Br)cc1. The van der Waals surface area contributed by atoms with E-state index in [1.807, 2.05) is 19.1 Å². The molecule has 0 aliphatic carbocycles. The Bertz CT molecular complexity index is 786. The smallest absolute Gasteiger partial charge is 0.365 e. The largest absolute Gasteiger partial charge is 0.497 e. The number of ether oxygens (including phenoxy) is 2. The normalized spacial score (nSPS) is 17.8. The average Bonchev–Trinajstić information content (AvgIpc) is 2.59. The number of benzene rings is 2.